The number of rotatable bonds is 3. The Morgan fingerprint density at radius 1 is 1.40 bits per heavy atom. The Morgan fingerprint density at radius 2 is 2.15 bits per heavy atom. The molecule has 0 saturated carbocycles. The van der Waals surface area contributed by atoms with E-state index in [4.69, 9.17) is 5.11 Å². The third kappa shape index (κ3) is 3.04. The third-order valence-corrected chi connectivity index (χ3v) is 3.38. The maximum atomic E-state index is 11.5. The molecule has 1 aromatic heterocycles. The Hall–Kier alpha value is -2.18. The molecule has 1 aliphatic heterocycles. The molecule has 7 nitrogen and oxygen atoms in total. The van der Waals surface area contributed by atoms with E-state index < -0.39 is 17.9 Å². The number of nitrogens with zero attached hydrogens (tertiary/aromatic N) is 3. The largest absolute Gasteiger partial charge is 0.481 e. The van der Waals surface area contributed by atoms with Crippen LogP contribution in [0.3, 0.4) is 0 Å². The SMILES string of the molecule is COC(=O)c1cc(N2CC(C)CC(C(=O)O)C2)ncn1. The maximum absolute atomic E-state index is 11.5. The van der Waals surface area contributed by atoms with Gasteiger partial charge in [0, 0.05) is 19.2 Å². The summed E-state index contributed by atoms with van der Waals surface area (Å²) in [7, 11) is 1.29. The molecule has 7 heteroatoms. The molecule has 0 amide bonds. The van der Waals surface area contributed by atoms with E-state index in [2.05, 4.69) is 14.7 Å². The minimum Gasteiger partial charge on any atom is -0.481 e. The predicted octanol–water partition coefficient (Wildman–Crippen LogP) is 0.810. The molecular formula is C13H17N3O4. The Bertz CT molecular complexity index is 520. The number of hydrogen-bond donors (Lipinski definition) is 1. The second kappa shape index (κ2) is 5.85. The van der Waals surface area contributed by atoms with Crippen molar-refractivity contribution in [2.75, 3.05) is 25.1 Å². The zero-order valence-electron chi connectivity index (χ0n) is 11.4. The van der Waals surface area contributed by atoms with Crippen LogP contribution in [0.5, 0.6) is 0 Å². The molecule has 0 bridgehead atoms. The van der Waals surface area contributed by atoms with Gasteiger partial charge in [-0.05, 0) is 12.3 Å². The summed E-state index contributed by atoms with van der Waals surface area (Å²) in [5, 5.41) is 9.17. The molecule has 1 N–H and O–H groups in total. The molecule has 2 heterocycles. The van der Waals surface area contributed by atoms with Crippen molar-refractivity contribution in [1.29, 1.82) is 0 Å². The molecular weight excluding hydrogens is 262 g/mol. The van der Waals surface area contributed by atoms with Crippen molar-refractivity contribution in [2.45, 2.75) is 13.3 Å². The summed E-state index contributed by atoms with van der Waals surface area (Å²) in [4.78, 5) is 32.5. The molecule has 2 atom stereocenters. The highest BCUT2D eigenvalue weighted by Crippen LogP contribution is 2.25. The van der Waals surface area contributed by atoms with Crippen LogP contribution in [-0.2, 0) is 9.53 Å². The number of esters is 1. The van der Waals surface area contributed by atoms with Crippen LogP contribution in [0.15, 0.2) is 12.4 Å². The average Bonchev–Trinajstić information content (AvgIpc) is 2.45. The Kier molecular flexibility index (Phi) is 4.16. The van der Waals surface area contributed by atoms with Gasteiger partial charge in [0.1, 0.15) is 12.1 Å². The fraction of sp³-hybridized carbons (Fsp3) is 0.538. The Morgan fingerprint density at radius 3 is 2.80 bits per heavy atom. The molecule has 1 saturated heterocycles. The highest BCUT2D eigenvalue weighted by molar-refractivity contribution is 5.87. The molecule has 0 spiro atoms. The third-order valence-electron chi connectivity index (χ3n) is 3.38. The predicted molar refractivity (Wildman–Crippen MR) is 70.5 cm³/mol. The van der Waals surface area contributed by atoms with E-state index in [0.29, 0.717) is 25.3 Å². The van der Waals surface area contributed by atoms with Gasteiger partial charge in [-0.2, -0.15) is 0 Å². The first-order chi connectivity index (χ1) is 9.51. The second-order valence-corrected chi connectivity index (χ2v) is 5.03. The lowest BCUT2D eigenvalue weighted by atomic mass is 9.90. The van der Waals surface area contributed by atoms with Gasteiger partial charge in [0.15, 0.2) is 5.69 Å². The summed E-state index contributed by atoms with van der Waals surface area (Å²) in [6.07, 6.45) is 1.94. The van der Waals surface area contributed by atoms with Gasteiger partial charge >= 0.3 is 11.9 Å². The van der Waals surface area contributed by atoms with Crippen molar-refractivity contribution < 1.29 is 19.4 Å². The van der Waals surface area contributed by atoms with Gasteiger partial charge < -0.3 is 14.7 Å². The Balaban J connectivity index is 2.22. The molecule has 1 aliphatic rings. The smallest absolute Gasteiger partial charge is 0.356 e. The van der Waals surface area contributed by atoms with E-state index in [1.165, 1.54) is 19.5 Å². The lowest BCUT2D eigenvalue weighted by Crippen LogP contribution is -2.43. The van der Waals surface area contributed by atoms with Crippen molar-refractivity contribution >= 4 is 17.8 Å². The lowest BCUT2D eigenvalue weighted by molar-refractivity contribution is -0.142. The normalized spacial score (nSPS) is 22.4. The summed E-state index contributed by atoms with van der Waals surface area (Å²) in [6.45, 7) is 3.10. The number of carboxylic acid groups (broad SMARTS) is 1. The van der Waals surface area contributed by atoms with Gasteiger partial charge in [-0.15, -0.1) is 0 Å². The van der Waals surface area contributed by atoms with Gasteiger partial charge in [-0.1, -0.05) is 6.92 Å². The topological polar surface area (TPSA) is 92.6 Å². The number of aliphatic carboxylic acids is 1. The summed E-state index contributed by atoms with van der Waals surface area (Å²) >= 11 is 0. The molecule has 0 radical (unpaired) electrons. The number of hydrogen-bond acceptors (Lipinski definition) is 6. The fourth-order valence-electron chi connectivity index (χ4n) is 2.45. The number of anilines is 1. The minimum absolute atomic E-state index is 0.169. The number of carbonyl (C=O) groups excluding carboxylic acids is 1. The molecule has 0 aromatic carbocycles. The quantitative estimate of drug-likeness (QED) is 0.818. The maximum Gasteiger partial charge on any atom is 0.356 e. The first-order valence-corrected chi connectivity index (χ1v) is 6.39. The van der Waals surface area contributed by atoms with Crippen LogP contribution >= 0.6 is 0 Å². The van der Waals surface area contributed by atoms with Crippen LogP contribution in [-0.4, -0.2) is 47.2 Å². The zero-order valence-corrected chi connectivity index (χ0v) is 11.4. The minimum atomic E-state index is -0.802. The first-order valence-electron chi connectivity index (χ1n) is 6.39. The van der Waals surface area contributed by atoms with Crippen LogP contribution < -0.4 is 4.90 Å². The Labute approximate surface area is 116 Å². The molecule has 20 heavy (non-hydrogen) atoms. The summed E-state index contributed by atoms with van der Waals surface area (Å²) < 4.78 is 4.62. The highest BCUT2D eigenvalue weighted by Gasteiger charge is 2.30. The summed E-state index contributed by atoms with van der Waals surface area (Å²) in [6, 6.07) is 1.53. The van der Waals surface area contributed by atoms with E-state index in [1.54, 1.807) is 0 Å². The van der Waals surface area contributed by atoms with E-state index >= 15 is 0 Å². The number of ether oxygens (including phenoxy) is 1. The van der Waals surface area contributed by atoms with Crippen LogP contribution in [0, 0.1) is 11.8 Å². The summed E-state index contributed by atoms with van der Waals surface area (Å²) in [5.74, 6) is -0.952. The number of carbonyl (C=O) groups is 2. The van der Waals surface area contributed by atoms with Gasteiger partial charge in [0.05, 0.1) is 13.0 Å². The van der Waals surface area contributed by atoms with Gasteiger partial charge in [0.25, 0.3) is 0 Å². The molecule has 1 aromatic rings. The number of piperidine rings is 1. The molecule has 1 fully saturated rings. The van der Waals surface area contributed by atoms with Crippen LogP contribution in [0.1, 0.15) is 23.8 Å². The van der Waals surface area contributed by atoms with Crippen molar-refractivity contribution in [3.8, 4) is 0 Å². The monoisotopic (exact) mass is 279 g/mol. The van der Waals surface area contributed by atoms with E-state index in [1.807, 2.05) is 11.8 Å². The van der Waals surface area contributed by atoms with Gasteiger partial charge in [-0.3, -0.25) is 4.79 Å². The number of methoxy groups -OCH3 is 1. The fourth-order valence-corrected chi connectivity index (χ4v) is 2.45. The number of aromatic nitrogens is 2. The van der Waals surface area contributed by atoms with E-state index in [0.717, 1.165) is 0 Å². The zero-order chi connectivity index (χ0) is 14.7. The highest BCUT2D eigenvalue weighted by atomic mass is 16.5. The van der Waals surface area contributed by atoms with E-state index in [9.17, 15) is 9.59 Å². The molecule has 2 unspecified atom stereocenters. The van der Waals surface area contributed by atoms with E-state index in [-0.39, 0.29) is 11.6 Å². The van der Waals surface area contributed by atoms with Crippen LogP contribution in [0.25, 0.3) is 0 Å². The number of carboxylic acids is 1. The van der Waals surface area contributed by atoms with Crippen LogP contribution in [0.2, 0.25) is 0 Å². The first kappa shape index (κ1) is 14.2. The average molecular weight is 279 g/mol. The van der Waals surface area contributed by atoms with Crippen LogP contribution in [0.4, 0.5) is 5.82 Å². The van der Waals surface area contributed by atoms with Gasteiger partial charge in [0.2, 0.25) is 0 Å². The standard InChI is InChI=1S/C13H17N3O4/c1-8-3-9(12(17)18)6-16(5-8)11-4-10(13(19)20-2)14-7-15-11/h4,7-9H,3,5-6H2,1-2H3,(H,17,18). The van der Waals surface area contributed by atoms with Crippen molar-refractivity contribution in [3.63, 3.8) is 0 Å². The van der Waals surface area contributed by atoms with Crippen molar-refractivity contribution in [2.24, 2.45) is 11.8 Å². The molecule has 108 valence electrons. The van der Waals surface area contributed by atoms with Gasteiger partial charge in [-0.25, -0.2) is 14.8 Å². The molecule has 0 aliphatic carbocycles. The summed E-state index contributed by atoms with van der Waals surface area (Å²) in [5.41, 5.74) is 0.169. The second-order valence-electron chi connectivity index (χ2n) is 5.03. The molecule has 2 rings (SSSR count). The van der Waals surface area contributed by atoms with Crippen molar-refractivity contribution in [3.05, 3.63) is 18.1 Å². The van der Waals surface area contributed by atoms with Crippen molar-refractivity contribution in [1.82, 2.24) is 9.97 Å². The lowest BCUT2D eigenvalue weighted by Gasteiger charge is -2.35.